The highest BCUT2D eigenvalue weighted by atomic mass is 32.2. The number of hydrogen-bond donors (Lipinski definition) is 1. The summed E-state index contributed by atoms with van der Waals surface area (Å²) < 4.78 is 36.6. The van der Waals surface area contributed by atoms with Crippen LogP contribution in [0, 0.1) is 0 Å². The monoisotopic (exact) mass is 435 g/mol. The number of nitrogens with one attached hydrogen (secondary N) is 1. The molecule has 0 aliphatic carbocycles. The normalized spacial score (nSPS) is 14.1. The predicted molar refractivity (Wildman–Crippen MR) is 120 cm³/mol. The Morgan fingerprint density at radius 2 is 1.84 bits per heavy atom. The third kappa shape index (κ3) is 4.62. The standard InChI is InChI=1S/C24H21NO5S/c1-29-24(26)17-10-11-23-22(14-17)21(20-9-4-3-7-18(20)15-30-23)13-16-6-5-8-19(12-16)25-31(2,27)28/h3-14,25H,15H2,1-2H3. The van der Waals surface area contributed by atoms with Crippen molar-refractivity contribution in [3.8, 4) is 5.75 Å². The molecule has 1 N–H and O–H groups in total. The van der Waals surface area contributed by atoms with Crippen LogP contribution in [-0.2, 0) is 21.4 Å². The van der Waals surface area contributed by atoms with Crippen LogP contribution in [-0.4, -0.2) is 27.8 Å². The number of carbonyl (C=O) groups is 1. The van der Waals surface area contributed by atoms with Crippen molar-refractivity contribution in [2.45, 2.75) is 6.61 Å². The number of rotatable bonds is 4. The third-order valence-corrected chi connectivity index (χ3v) is 5.49. The van der Waals surface area contributed by atoms with E-state index in [1.807, 2.05) is 36.4 Å². The van der Waals surface area contributed by atoms with Crippen molar-refractivity contribution in [3.05, 3.63) is 94.5 Å². The highest BCUT2D eigenvalue weighted by Crippen LogP contribution is 2.38. The molecule has 3 aromatic carbocycles. The number of benzene rings is 3. The minimum absolute atomic E-state index is 0.397. The van der Waals surface area contributed by atoms with Gasteiger partial charge in [-0.25, -0.2) is 13.2 Å². The van der Waals surface area contributed by atoms with Gasteiger partial charge in [0.1, 0.15) is 12.4 Å². The number of ether oxygens (including phenoxy) is 2. The van der Waals surface area contributed by atoms with Gasteiger partial charge in [0.2, 0.25) is 10.0 Å². The summed E-state index contributed by atoms with van der Waals surface area (Å²) in [5.74, 6) is 0.222. The molecule has 0 spiro atoms. The molecule has 0 amide bonds. The van der Waals surface area contributed by atoms with E-state index in [0.29, 0.717) is 23.6 Å². The smallest absolute Gasteiger partial charge is 0.337 e. The van der Waals surface area contributed by atoms with E-state index in [1.54, 1.807) is 36.4 Å². The average Bonchev–Trinajstić information content (AvgIpc) is 2.89. The topological polar surface area (TPSA) is 81.7 Å². The summed E-state index contributed by atoms with van der Waals surface area (Å²) in [7, 11) is -2.05. The van der Waals surface area contributed by atoms with E-state index in [1.165, 1.54) is 7.11 Å². The maximum Gasteiger partial charge on any atom is 0.337 e. The van der Waals surface area contributed by atoms with Gasteiger partial charge in [-0.15, -0.1) is 0 Å². The lowest BCUT2D eigenvalue weighted by molar-refractivity contribution is 0.0600. The Bertz CT molecular complexity index is 1290. The highest BCUT2D eigenvalue weighted by Gasteiger charge is 2.21. The second kappa shape index (κ2) is 8.28. The Balaban J connectivity index is 1.90. The molecular weight excluding hydrogens is 414 g/mol. The van der Waals surface area contributed by atoms with E-state index >= 15 is 0 Å². The van der Waals surface area contributed by atoms with Gasteiger partial charge < -0.3 is 9.47 Å². The largest absolute Gasteiger partial charge is 0.488 e. The summed E-state index contributed by atoms with van der Waals surface area (Å²) in [4.78, 5) is 12.1. The van der Waals surface area contributed by atoms with Gasteiger partial charge in [-0.1, -0.05) is 36.4 Å². The molecule has 0 unspecified atom stereocenters. The summed E-state index contributed by atoms with van der Waals surface area (Å²) in [5.41, 5.74) is 5.30. The molecule has 4 rings (SSSR count). The highest BCUT2D eigenvalue weighted by molar-refractivity contribution is 7.92. The molecule has 6 nitrogen and oxygen atoms in total. The van der Waals surface area contributed by atoms with Crippen molar-refractivity contribution in [1.82, 2.24) is 0 Å². The van der Waals surface area contributed by atoms with Gasteiger partial charge in [-0.3, -0.25) is 4.72 Å². The lowest BCUT2D eigenvalue weighted by atomic mass is 9.91. The molecule has 0 atom stereocenters. The minimum Gasteiger partial charge on any atom is -0.488 e. The first-order chi connectivity index (χ1) is 14.8. The molecule has 7 heteroatoms. The van der Waals surface area contributed by atoms with Crippen molar-refractivity contribution < 1.29 is 22.7 Å². The number of esters is 1. The molecule has 0 bridgehead atoms. The summed E-state index contributed by atoms with van der Waals surface area (Å²) in [6.45, 7) is 0.397. The first-order valence-corrected chi connectivity index (χ1v) is 11.5. The van der Waals surface area contributed by atoms with Crippen LogP contribution in [0.1, 0.15) is 32.6 Å². The zero-order valence-corrected chi connectivity index (χ0v) is 17.9. The molecule has 0 fully saturated rings. The van der Waals surface area contributed by atoms with Crippen molar-refractivity contribution in [3.63, 3.8) is 0 Å². The second-order valence-electron chi connectivity index (χ2n) is 7.21. The Morgan fingerprint density at radius 3 is 2.61 bits per heavy atom. The van der Waals surface area contributed by atoms with Crippen LogP contribution in [0.3, 0.4) is 0 Å². The SMILES string of the molecule is COC(=O)c1ccc2c(c1)C(=Cc1cccc(NS(C)(=O)=O)c1)c1ccccc1CO2. The lowest BCUT2D eigenvalue weighted by Crippen LogP contribution is -2.09. The minimum atomic E-state index is -3.39. The molecule has 0 radical (unpaired) electrons. The number of sulfonamides is 1. The molecule has 1 aliphatic heterocycles. The lowest BCUT2D eigenvalue weighted by Gasteiger charge is -2.12. The fraction of sp³-hybridized carbons (Fsp3) is 0.125. The molecule has 0 saturated carbocycles. The van der Waals surface area contributed by atoms with E-state index in [4.69, 9.17) is 9.47 Å². The Hall–Kier alpha value is -3.58. The zero-order valence-electron chi connectivity index (χ0n) is 17.1. The van der Waals surface area contributed by atoms with Gasteiger partial charge in [0.05, 0.1) is 18.9 Å². The van der Waals surface area contributed by atoms with Crippen LogP contribution >= 0.6 is 0 Å². The molecule has 1 heterocycles. The van der Waals surface area contributed by atoms with Crippen LogP contribution in [0.15, 0.2) is 66.7 Å². The molecule has 0 saturated heterocycles. The van der Waals surface area contributed by atoms with Crippen molar-refractivity contribution in [1.29, 1.82) is 0 Å². The fourth-order valence-electron chi connectivity index (χ4n) is 3.55. The summed E-state index contributed by atoms with van der Waals surface area (Å²) >= 11 is 0. The van der Waals surface area contributed by atoms with Crippen LogP contribution in [0.25, 0.3) is 11.6 Å². The Morgan fingerprint density at radius 1 is 1.03 bits per heavy atom. The first-order valence-electron chi connectivity index (χ1n) is 9.57. The van der Waals surface area contributed by atoms with Gasteiger partial charge >= 0.3 is 5.97 Å². The average molecular weight is 436 g/mol. The molecule has 3 aromatic rings. The number of anilines is 1. The van der Waals surface area contributed by atoms with Gasteiger partial charge in [0.15, 0.2) is 0 Å². The zero-order chi connectivity index (χ0) is 22.0. The van der Waals surface area contributed by atoms with E-state index in [0.717, 1.165) is 34.1 Å². The maximum absolute atomic E-state index is 12.1. The predicted octanol–water partition coefficient (Wildman–Crippen LogP) is 4.33. The van der Waals surface area contributed by atoms with Crippen LogP contribution < -0.4 is 9.46 Å². The van der Waals surface area contributed by atoms with Gasteiger partial charge in [0.25, 0.3) is 0 Å². The maximum atomic E-state index is 12.1. The van der Waals surface area contributed by atoms with E-state index in [-0.39, 0.29) is 0 Å². The Kier molecular flexibility index (Phi) is 5.52. The van der Waals surface area contributed by atoms with Gasteiger partial charge in [0, 0.05) is 11.3 Å². The van der Waals surface area contributed by atoms with Crippen LogP contribution in [0.4, 0.5) is 5.69 Å². The van der Waals surface area contributed by atoms with Crippen molar-refractivity contribution >= 4 is 33.3 Å². The first kappa shape index (κ1) is 20.7. The van der Waals surface area contributed by atoms with Gasteiger partial charge in [-0.05, 0) is 58.7 Å². The van der Waals surface area contributed by atoms with E-state index in [2.05, 4.69) is 4.72 Å². The number of fused-ring (bicyclic) bond motifs is 2. The molecule has 158 valence electrons. The number of methoxy groups -OCH3 is 1. The molecular formula is C24H21NO5S. The van der Waals surface area contributed by atoms with E-state index < -0.39 is 16.0 Å². The molecule has 31 heavy (non-hydrogen) atoms. The fourth-order valence-corrected chi connectivity index (χ4v) is 4.10. The third-order valence-electron chi connectivity index (χ3n) is 4.88. The second-order valence-corrected chi connectivity index (χ2v) is 8.95. The van der Waals surface area contributed by atoms with Crippen LogP contribution in [0.2, 0.25) is 0 Å². The summed E-state index contributed by atoms with van der Waals surface area (Å²) in [6, 6.07) is 20.2. The molecule has 0 aromatic heterocycles. The van der Waals surface area contributed by atoms with Crippen molar-refractivity contribution in [2.24, 2.45) is 0 Å². The van der Waals surface area contributed by atoms with Crippen LogP contribution in [0.5, 0.6) is 5.75 Å². The van der Waals surface area contributed by atoms with Crippen molar-refractivity contribution in [2.75, 3.05) is 18.1 Å². The quantitative estimate of drug-likeness (QED) is 0.617. The van der Waals surface area contributed by atoms with Gasteiger partial charge in [-0.2, -0.15) is 0 Å². The number of hydrogen-bond acceptors (Lipinski definition) is 5. The summed E-state index contributed by atoms with van der Waals surface area (Å²) in [5, 5.41) is 0. The number of carbonyl (C=O) groups excluding carboxylic acids is 1. The summed E-state index contributed by atoms with van der Waals surface area (Å²) in [6.07, 6.45) is 3.07. The Labute approximate surface area is 181 Å². The molecule has 1 aliphatic rings. The van der Waals surface area contributed by atoms with E-state index in [9.17, 15) is 13.2 Å².